The van der Waals surface area contributed by atoms with Gasteiger partial charge < -0.3 is 19.1 Å². The maximum absolute atomic E-state index is 12.7. The van der Waals surface area contributed by atoms with Gasteiger partial charge in [0, 0.05) is 19.3 Å². The molecule has 32 heavy (non-hydrogen) atoms. The molecule has 2 aromatic heterocycles. The van der Waals surface area contributed by atoms with Crippen molar-refractivity contribution in [3.05, 3.63) is 65.6 Å². The van der Waals surface area contributed by atoms with Gasteiger partial charge in [0.2, 0.25) is 0 Å². The van der Waals surface area contributed by atoms with Crippen LogP contribution in [0.25, 0.3) is 5.82 Å². The maximum atomic E-state index is 12.7. The van der Waals surface area contributed by atoms with E-state index in [1.54, 1.807) is 55.1 Å². The number of methoxy groups -OCH3 is 2. The molecule has 0 atom stereocenters. The zero-order valence-corrected chi connectivity index (χ0v) is 18.6. The third kappa shape index (κ3) is 5.05. The van der Waals surface area contributed by atoms with Crippen molar-refractivity contribution in [2.45, 2.75) is 20.4 Å². The minimum atomic E-state index is -0.611. The topological polar surface area (TPSA) is 95.8 Å². The first kappa shape index (κ1) is 22.8. The Morgan fingerprint density at radius 3 is 2.53 bits per heavy atom. The van der Waals surface area contributed by atoms with E-state index in [0.717, 1.165) is 5.56 Å². The Morgan fingerprint density at radius 2 is 1.88 bits per heavy atom. The molecule has 3 rings (SSSR count). The third-order valence-corrected chi connectivity index (χ3v) is 4.98. The van der Waals surface area contributed by atoms with E-state index in [-0.39, 0.29) is 18.1 Å². The van der Waals surface area contributed by atoms with Crippen molar-refractivity contribution in [3.8, 4) is 17.3 Å². The Morgan fingerprint density at radius 1 is 1.09 bits per heavy atom. The molecule has 0 fully saturated rings. The molecule has 9 heteroatoms. The van der Waals surface area contributed by atoms with Gasteiger partial charge in [0.15, 0.2) is 23.9 Å². The molecule has 0 aliphatic heterocycles. The van der Waals surface area contributed by atoms with E-state index >= 15 is 0 Å². The second kappa shape index (κ2) is 10.4. The molecule has 2 heterocycles. The second-order valence-electron chi connectivity index (χ2n) is 6.92. The zero-order chi connectivity index (χ0) is 23.1. The number of ether oxygens (including phenoxy) is 3. The fraction of sp³-hybridized carbons (Fsp3) is 0.304. The lowest BCUT2D eigenvalue weighted by atomic mass is 10.2. The third-order valence-electron chi connectivity index (χ3n) is 4.98. The Kier molecular flexibility index (Phi) is 7.43. The van der Waals surface area contributed by atoms with E-state index in [4.69, 9.17) is 14.2 Å². The Bertz CT molecular complexity index is 1080. The van der Waals surface area contributed by atoms with Gasteiger partial charge in [-0.1, -0.05) is 12.1 Å². The highest BCUT2D eigenvalue weighted by Gasteiger charge is 2.20. The average molecular weight is 438 g/mol. The van der Waals surface area contributed by atoms with Gasteiger partial charge in [-0.15, -0.1) is 0 Å². The number of nitrogens with zero attached hydrogens (tertiary/aromatic N) is 4. The summed E-state index contributed by atoms with van der Waals surface area (Å²) in [5.74, 6) is 0.874. The number of hydrogen-bond acceptors (Lipinski definition) is 7. The van der Waals surface area contributed by atoms with E-state index in [2.05, 4.69) is 10.1 Å². The first-order valence-electron chi connectivity index (χ1n) is 10.1. The molecule has 1 aromatic carbocycles. The molecule has 9 nitrogen and oxygen atoms in total. The fourth-order valence-electron chi connectivity index (χ4n) is 3.19. The first-order valence-corrected chi connectivity index (χ1v) is 10.1. The van der Waals surface area contributed by atoms with E-state index in [0.29, 0.717) is 36.1 Å². The molecule has 0 bridgehead atoms. The molecule has 3 aromatic rings. The minimum absolute atomic E-state index is 0.284. The summed E-state index contributed by atoms with van der Waals surface area (Å²) in [6.07, 6.45) is 3.06. The normalized spacial score (nSPS) is 10.5. The molecule has 0 radical (unpaired) electrons. The number of rotatable bonds is 9. The monoisotopic (exact) mass is 438 g/mol. The summed E-state index contributed by atoms with van der Waals surface area (Å²) in [4.78, 5) is 31.0. The molecule has 0 aliphatic rings. The minimum Gasteiger partial charge on any atom is -0.493 e. The van der Waals surface area contributed by atoms with Gasteiger partial charge in [0.05, 0.1) is 26.1 Å². The van der Waals surface area contributed by atoms with Crippen LogP contribution in [0.3, 0.4) is 0 Å². The van der Waals surface area contributed by atoms with E-state index in [1.807, 2.05) is 25.1 Å². The number of carbonyl (C=O) groups excluding carboxylic acids is 2. The van der Waals surface area contributed by atoms with Gasteiger partial charge in [0.25, 0.3) is 5.91 Å². The lowest BCUT2D eigenvalue weighted by molar-refractivity contribution is -0.134. The SMILES string of the molecule is CCN(Cc1ccc(OC)c(OC)c1)C(=O)COC(=O)c1cnn(-c2ccccn2)c1C. The summed E-state index contributed by atoms with van der Waals surface area (Å²) >= 11 is 0. The first-order chi connectivity index (χ1) is 15.5. The van der Waals surface area contributed by atoms with Crippen LogP contribution in [0.4, 0.5) is 0 Å². The summed E-state index contributed by atoms with van der Waals surface area (Å²) in [5.41, 5.74) is 1.74. The predicted octanol–water partition coefficient (Wildman–Crippen LogP) is 2.80. The highest BCUT2D eigenvalue weighted by Crippen LogP contribution is 2.28. The van der Waals surface area contributed by atoms with Crippen LogP contribution in [-0.4, -0.2) is 58.9 Å². The second-order valence-corrected chi connectivity index (χ2v) is 6.92. The van der Waals surface area contributed by atoms with Crippen molar-refractivity contribution >= 4 is 11.9 Å². The highest BCUT2D eigenvalue weighted by atomic mass is 16.5. The smallest absolute Gasteiger partial charge is 0.342 e. The number of amides is 1. The summed E-state index contributed by atoms with van der Waals surface area (Å²) in [7, 11) is 3.12. The van der Waals surface area contributed by atoms with Crippen LogP contribution in [0.1, 0.15) is 28.5 Å². The molecule has 0 N–H and O–H groups in total. The van der Waals surface area contributed by atoms with Crippen molar-refractivity contribution in [1.82, 2.24) is 19.7 Å². The highest BCUT2D eigenvalue weighted by molar-refractivity contribution is 5.92. The van der Waals surface area contributed by atoms with Gasteiger partial charge >= 0.3 is 5.97 Å². The molecular weight excluding hydrogens is 412 g/mol. The van der Waals surface area contributed by atoms with Crippen LogP contribution in [0.15, 0.2) is 48.8 Å². The van der Waals surface area contributed by atoms with Gasteiger partial charge in [-0.2, -0.15) is 5.10 Å². The Hall–Kier alpha value is -3.88. The van der Waals surface area contributed by atoms with Crippen LogP contribution in [-0.2, 0) is 16.1 Å². The van der Waals surface area contributed by atoms with E-state index < -0.39 is 5.97 Å². The number of pyridine rings is 1. The molecule has 0 unspecified atom stereocenters. The van der Waals surface area contributed by atoms with Crippen LogP contribution in [0.2, 0.25) is 0 Å². The number of hydrogen-bond donors (Lipinski definition) is 0. The average Bonchev–Trinajstić information content (AvgIpc) is 3.22. The molecule has 0 saturated heterocycles. The number of aromatic nitrogens is 3. The lowest BCUT2D eigenvalue weighted by Crippen LogP contribution is -2.34. The standard InChI is InChI=1S/C23H26N4O5/c1-5-26(14-17-9-10-19(30-3)20(12-17)31-4)22(28)15-32-23(29)18-13-25-27(16(18)2)21-8-6-7-11-24-21/h6-13H,5,14-15H2,1-4H3. The van der Waals surface area contributed by atoms with Gasteiger partial charge in [-0.3, -0.25) is 4.79 Å². The molecule has 0 aliphatic carbocycles. The summed E-state index contributed by atoms with van der Waals surface area (Å²) in [5, 5.41) is 4.21. The quantitative estimate of drug-likeness (QED) is 0.474. The Labute approximate surface area is 186 Å². The number of benzene rings is 1. The number of likely N-dealkylation sites (N-methyl/N-ethyl adjacent to an activating group) is 1. The van der Waals surface area contributed by atoms with Gasteiger partial charge in [-0.25, -0.2) is 14.5 Å². The van der Waals surface area contributed by atoms with Crippen LogP contribution >= 0.6 is 0 Å². The number of carbonyl (C=O) groups is 2. The van der Waals surface area contributed by atoms with Gasteiger partial charge in [0.1, 0.15) is 5.56 Å². The molecule has 0 spiro atoms. The summed E-state index contributed by atoms with van der Waals surface area (Å²) in [6, 6.07) is 10.9. The predicted molar refractivity (Wildman–Crippen MR) is 117 cm³/mol. The Balaban J connectivity index is 1.63. The van der Waals surface area contributed by atoms with Crippen molar-refractivity contribution in [2.24, 2.45) is 0 Å². The number of esters is 1. The van der Waals surface area contributed by atoms with Gasteiger partial charge in [-0.05, 0) is 43.7 Å². The molecule has 168 valence electrons. The molecule has 0 saturated carbocycles. The van der Waals surface area contributed by atoms with Crippen molar-refractivity contribution in [3.63, 3.8) is 0 Å². The fourth-order valence-corrected chi connectivity index (χ4v) is 3.19. The van der Waals surface area contributed by atoms with Crippen LogP contribution in [0.5, 0.6) is 11.5 Å². The van der Waals surface area contributed by atoms with E-state index in [1.165, 1.54) is 6.20 Å². The van der Waals surface area contributed by atoms with Crippen molar-refractivity contribution in [1.29, 1.82) is 0 Å². The molecule has 1 amide bonds. The zero-order valence-electron chi connectivity index (χ0n) is 18.6. The summed E-state index contributed by atoms with van der Waals surface area (Å²) in [6.45, 7) is 4.05. The summed E-state index contributed by atoms with van der Waals surface area (Å²) < 4.78 is 17.4. The van der Waals surface area contributed by atoms with E-state index in [9.17, 15) is 9.59 Å². The maximum Gasteiger partial charge on any atom is 0.342 e. The largest absolute Gasteiger partial charge is 0.493 e. The van der Waals surface area contributed by atoms with Crippen LogP contribution in [0, 0.1) is 6.92 Å². The van der Waals surface area contributed by atoms with Crippen molar-refractivity contribution in [2.75, 3.05) is 27.4 Å². The van der Waals surface area contributed by atoms with Crippen LogP contribution < -0.4 is 9.47 Å². The lowest BCUT2D eigenvalue weighted by Gasteiger charge is -2.21. The van der Waals surface area contributed by atoms with Crippen molar-refractivity contribution < 1.29 is 23.8 Å². The molecular formula is C23H26N4O5.